The van der Waals surface area contributed by atoms with E-state index in [1.807, 2.05) is 83.8 Å². The topological polar surface area (TPSA) is 66.5 Å². The fourth-order valence-corrected chi connectivity index (χ4v) is 6.95. The van der Waals surface area contributed by atoms with Crippen molar-refractivity contribution in [1.82, 2.24) is 0 Å². The smallest absolute Gasteiger partial charge is 0.238 e. The van der Waals surface area contributed by atoms with Crippen LogP contribution in [0.3, 0.4) is 0 Å². The SMILES string of the molecule is O=C(c1ccccc1)[C@@H]1[C@@H](C(=O)c2ccccc2Cl)[C@]2(C(=O)Nc3ccccc32)[C@H]2C=Cc3ccccc3N12. The molecule has 5 nitrogen and oxygen atoms in total. The molecule has 0 aliphatic carbocycles. The van der Waals surface area contributed by atoms with Crippen LogP contribution in [-0.2, 0) is 10.2 Å². The standard InChI is InChI=1S/C33H23ClN2O3/c34-24-15-7-5-13-22(24)31(38)28-29(30(37)21-11-2-1-3-12-21)36-26-17-9-4-10-20(26)18-19-27(36)33(28)23-14-6-8-16-25(23)35-32(33)39/h1-19,27-29H,(H,35,39)/t27-,28+,29+,33-/m1/s1. The van der Waals surface area contributed by atoms with Crippen molar-refractivity contribution in [1.29, 1.82) is 0 Å². The fraction of sp³-hybridized carbons (Fsp3) is 0.121. The number of para-hydroxylation sites is 2. The Morgan fingerprint density at radius 3 is 2.31 bits per heavy atom. The zero-order valence-electron chi connectivity index (χ0n) is 20.8. The minimum Gasteiger partial charge on any atom is -0.352 e. The quantitative estimate of drug-likeness (QED) is 0.319. The molecule has 1 N–H and O–H groups in total. The normalized spacial score (nSPS) is 24.2. The number of hydrogen-bond acceptors (Lipinski definition) is 4. The van der Waals surface area contributed by atoms with Gasteiger partial charge in [-0.05, 0) is 35.4 Å². The molecule has 0 bridgehead atoms. The molecular formula is C33H23ClN2O3. The number of nitrogens with one attached hydrogen (secondary N) is 1. The second kappa shape index (κ2) is 8.79. The number of nitrogens with zero attached hydrogens (tertiary/aromatic N) is 1. The van der Waals surface area contributed by atoms with Crippen LogP contribution in [-0.4, -0.2) is 29.6 Å². The predicted octanol–water partition coefficient (Wildman–Crippen LogP) is 6.20. The third kappa shape index (κ3) is 3.23. The number of anilines is 2. The number of hydrogen-bond donors (Lipinski definition) is 1. The van der Waals surface area contributed by atoms with E-state index in [0.717, 1.165) is 11.3 Å². The van der Waals surface area contributed by atoms with Crippen LogP contribution in [0.25, 0.3) is 6.08 Å². The first-order valence-electron chi connectivity index (χ1n) is 12.9. The van der Waals surface area contributed by atoms with E-state index < -0.39 is 23.4 Å². The average Bonchev–Trinajstić information content (AvgIpc) is 3.45. The van der Waals surface area contributed by atoms with Gasteiger partial charge < -0.3 is 10.2 Å². The van der Waals surface area contributed by atoms with Gasteiger partial charge in [-0.3, -0.25) is 14.4 Å². The minimum absolute atomic E-state index is 0.217. The lowest BCUT2D eigenvalue weighted by molar-refractivity contribution is -0.121. The van der Waals surface area contributed by atoms with Gasteiger partial charge in [0.15, 0.2) is 11.6 Å². The maximum Gasteiger partial charge on any atom is 0.238 e. The van der Waals surface area contributed by atoms with Crippen molar-refractivity contribution in [2.75, 3.05) is 10.2 Å². The minimum atomic E-state index is -1.36. The molecule has 3 aliphatic heterocycles. The van der Waals surface area contributed by atoms with Crippen molar-refractivity contribution in [3.05, 3.63) is 136 Å². The Bertz CT molecular complexity index is 1700. The maximum atomic E-state index is 14.7. The summed E-state index contributed by atoms with van der Waals surface area (Å²) in [4.78, 5) is 45.5. The molecule has 4 aromatic carbocycles. The third-order valence-corrected chi connectivity index (χ3v) is 8.62. The highest BCUT2D eigenvalue weighted by Crippen LogP contribution is 2.58. The lowest BCUT2D eigenvalue weighted by Gasteiger charge is -2.37. The van der Waals surface area contributed by atoms with Gasteiger partial charge in [-0.25, -0.2) is 0 Å². The number of carbonyl (C=O) groups is 3. The average molecular weight is 531 g/mol. The molecule has 1 fully saturated rings. The monoisotopic (exact) mass is 530 g/mol. The summed E-state index contributed by atoms with van der Waals surface area (Å²) in [6.45, 7) is 0. The number of rotatable bonds is 4. The van der Waals surface area contributed by atoms with E-state index in [9.17, 15) is 14.4 Å². The van der Waals surface area contributed by atoms with Crippen molar-refractivity contribution in [3.8, 4) is 0 Å². The third-order valence-electron chi connectivity index (χ3n) is 8.29. The molecule has 1 spiro atoms. The molecule has 39 heavy (non-hydrogen) atoms. The molecule has 0 unspecified atom stereocenters. The molecule has 3 aliphatic rings. The zero-order chi connectivity index (χ0) is 26.7. The molecule has 3 heterocycles. The molecule has 0 aromatic heterocycles. The Balaban J connectivity index is 1.56. The zero-order valence-corrected chi connectivity index (χ0v) is 21.5. The second-order valence-electron chi connectivity index (χ2n) is 10.1. The van der Waals surface area contributed by atoms with Crippen molar-refractivity contribution in [3.63, 3.8) is 0 Å². The van der Waals surface area contributed by atoms with Gasteiger partial charge in [-0.15, -0.1) is 0 Å². The van der Waals surface area contributed by atoms with E-state index in [2.05, 4.69) is 5.32 Å². The number of benzene rings is 4. The van der Waals surface area contributed by atoms with Crippen LogP contribution in [0.5, 0.6) is 0 Å². The molecule has 6 heteroatoms. The molecule has 0 saturated carbocycles. The molecule has 4 atom stereocenters. The first-order chi connectivity index (χ1) is 19.0. The molecule has 1 amide bonds. The summed E-state index contributed by atoms with van der Waals surface area (Å²) in [6, 6.07) is 29.5. The number of carbonyl (C=O) groups excluding carboxylic acids is 3. The van der Waals surface area contributed by atoms with E-state index in [4.69, 9.17) is 11.6 Å². The molecule has 4 aromatic rings. The van der Waals surface area contributed by atoms with E-state index >= 15 is 0 Å². The van der Waals surface area contributed by atoms with Crippen LogP contribution in [0.2, 0.25) is 5.02 Å². The predicted molar refractivity (Wildman–Crippen MR) is 152 cm³/mol. The van der Waals surface area contributed by atoms with Crippen LogP contribution in [0.1, 0.15) is 31.8 Å². The van der Waals surface area contributed by atoms with Gasteiger partial charge in [0, 0.05) is 22.5 Å². The molecule has 190 valence electrons. The Morgan fingerprint density at radius 1 is 0.795 bits per heavy atom. The van der Waals surface area contributed by atoms with Crippen LogP contribution in [0.4, 0.5) is 11.4 Å². The van der Waals surface area contributed by atoms with Crippen LogP contribution < -0.4 is 10.2 Å². The number of amides is 1. The lowest BCUT2D eigenvalue weighted by atomic mass is 9.64. The number of fused-ring (bicyclic) bond motifs is 6. The van der Waals surface area contributed by atoms with Crippen LogP contribution in [0.15, 0.2) is 109 Å². The Morgan fingerprint density at radius 2 is 1.49 bits per heavy atom. The van der Waals surface area contributed by atoms with E-state index in [-0.39, 0.29) is 22.5 Å². The highest BCUT2D eigenvalue weighted by molar-refractivity contribution is 6.34. The van der Waals surface area contributed by atoms with Crippen molar-refractivity contribution in [2.45, 2.75) is 17.5 Å². The van der Waals surface area contributed by atoms with Gasteiger partial charge in [-0.1, -0.05) is 103 Å². The van der Waals surface area contributed by atoms with Gasteiger partial charge in [0.2, 0.25) is 5.91 Å². The molecular weight excluding hydrogens is 508 g/mol. The summed E-state index contributed by atoms with van der Waals surface area (Å²) in [7, 11) is 0. The van der Waals surface area contributed by atoms with Crippen molar-refractivity contribution in [2.24, 2.45) is 5.92 Å². The summed E-state index contributed by atoms with van der Waals surface area (Å²) in [6.07, 6.45) is 3.95. The summed E-state index contributed by atoms with van der Waals surface area (Å²) in [5, 5.41) is 3.33. The van der Waals surface area contributed by atoms with Gasteiger partial charge in [0.25, 0.3) is 0 Å². The van der Waals surface area contributed by atoms with Crippen LogP contribution in [0, 0.1) is 5.92 Å². The summed E-state index contributed by atoms with van der Waals surface area (Å²) in [5.41, 5.74) is 2.52. The number of halogens is 1. The second-order valence-corrected chi connectivity index (χ2v) is 10.5. The lowest BCUT2D eigenvalue weighted by Crippen LogP contribution is -2.51. The van der Waals surface area contributed by atoms with Crippen molar-refractivity contribution >= 4 is 46.5 Å². The van der Waals surface area contributed by atoms with Crippen molar-refractivity contribution < 1.29 is 14.4 Å². The fourth-order valence-electron chi connectivity index (χ4n) is 6.72. The Kier molecular flexibility index (Phi) is 5.32. The largest absolute Gasteiger partial charge is 0.352 e. The Hall–Kier alpha value is -4.48. The van der Waals surface area contributed by atoms with E-state index in [1.165, 1.54) is 0 Å². The maximum absolute atomic E-state index is 14.7. The summed E-state index contributed by atoms with van der Waals surface area (Å²) < 4.78 is 0. The molecule has 1 saturated heterocycles. The summed E-state index contributed by atoms with van der Waals surface area (Å²) >= 11 is 6.57. The molecule has 0 radical (unpaired) electrons. The highest BCUT2D eigenvalue weighted by atomic mass is 35.5. The highest BCUT2D eigenvalue weighted by Gasteiger charge is 2.70. The number of ketones is 2. The van der Waals surface area contributed by atoms with E-state index in [0.29, 0.717) is 22.4 Å². The van der Waals surface area contributed by atoms with Gasteiger partial charge in [0.1, 0.15) is 11.5 Å². The molecule has 7 rings (SSSR count). The summed E-state index contributed by atoms with van der Waals surface area (Å²) in [5.74, 6) is -1.89. The van der Waals surface area contributed by atoms with Gasteiger partial charge in [0.05, 0.1) is 17.0 Å². The first kappa shape index (κ1) is 23.6. The van der Waals surface area contributed by atoms with Gasteiger partial charge >= 0.3 is 0 Å². The first-order valence-corrected chi connectivity index (χ1v) is 13.3. The van der Waals surface area contributed by atoms with Gasteiger partial charge in [-0.2, -0.15) is 0 Å². The Labute approximate surface area is 230 Å². The van der Waals surface area contributed by atoms with E-state index in [1.54, 1.807) is 36.4 Å². The van der Waals surface area contributed by atoms with Crippen LogP contribution >= 0.6 is 11.6 Å². The number of Topliss-reactive ketones (excluding diaryl/α,β-unsaturated/α-hetero) is 2.